The third-order valence-electron chi connectivity index (χ3n) is 3.27. The van der Waals surface area contributed by atoms with Crippen LogP contribution in [-0.4, -0.2) is 13.6 Å². The maximum Gasteiger partial charge on any atom is 0.0348 e. The summed E-state index contributed by atoms with van der Waals surface area (Å²) in [6, 6.07) is 11.2. The Kier molecular flexibility index (Phi) is 4.20. The van der Waals surface area contributed by atoms with E-state index in [-0.39, 0.29) is 0 Å². The highest BCUT2D eigenvalue weighted by molar-refractivity contribution is 7.15. The van der Waals surface area contributed by atoms with Crippen molar-refractivity contribution in [1.82, 2.24) is 5.32 Å². The Hall–Kier alpha value is -1.12. The van der Waals surface area contributed by atoms with Crippen molar-refractivity contribution in [2.24, 2.45) is 0 Å². The number of rotatable bonds is 4. The molecule has 1 aromatic heterocycles. The summed E-state index contributed by atoms with van der Waals surface area (Å²) in [5.41, 5.74) is 4.06. The van der Waals surface area contributed by atoms with Crippen molar-refractivity contribution in [3.63, 3.8) is 0 Å². The molecule has 1 nitrogen and oxygen atoms in total. The zero-order valence-electron chi connectivity index (χ0n) is 11.6. The van der Waals surface area contributed by atoms with Crippen molar-refractivity contribution in [3.8, 4) is 10.4 Å². The molecular formula is C16H21NS. The van der Waals surface area contributed by atoms with Crippen molar-refractivity contribution in [2.45, 2.75) is 26.7 Å². The van der Waals surface area contributed by atoms with Crippen LogP contribution in [0.15, 0.2) is 30.3 Å². The predicted octanol–water partition coefficient (Wildman–Crippen LogP) is 4.35. The summed E-state index contributed by atoms with van der Waals surface area (Å²) < 4.78 is 0. The minimum Gasteiger partial charge on any atom is -0.319 e. The van der Waals surface area contributed by atoms with Crippen LogP contribution in [-0.2, 0) is 0 Å². The number of hydrogen-bond acceptors (Lipinski definition) is 2. The Morgan fingerprint density at radius 3 is 2.61 bits per heavy atom. The van der Waals surface area contributed by atoms with Crippen molar-refractivity contribution in [1.29, 1.82) is 0 Å². The lowest BCUT2D eigenvalue weighted by Crippen LogP contribution is -2.13. The molecule has 1 aromatic carbocycles. The third kappa shape index (κ3) is 2.82. The molecule has 0 spiro atoms. The van der Waals surface area contributed by atoms with Gasteiger partial charge in [0.2, 0.25) is 0 Å². The number of thiophene rings is 1. The quantitative estimate of drug-likeness (QED) is 0.860. The van der Waals surface area contributed by atoms with Crippen LogP contribution in [0.2, 0.25) is 0 Å². The van der Waals surface area contributed by atoms with E-state index in [0.29, 0.717) is 5.92 Å². The van der Waals surface area contributed by atoms with Crippen LogP contribution in [0.1, 0.15) is 28.8 Å². The molecule has 0 saturated carbocycles. The van der Waals surface area contributed by atoms with E-state index in [1.807, 2.05) is 18.4 Å². The van der Waals surface area contributed by atoms with Crippen molar-refractivity contribution < 1.29 is 0 Å². The van der Waals surface area contributed by atoms with Gasteiger partial charge >= 0.3 is 0 Å². The minimum atomic E-state index is 0.583. The lowest BCUT2D eigenvalue weighted by Gasteiger charge is -2.08. The predicted molar refractivity (Wildman–Crippen MR) is 81.6 cm³/mol. The maximum absolute atomic E-state index is 3.24. The smallest absolute Gasteiger partial charge is 0.0348 e. The van der Waals surface area contributed by atoms with Crippen molar-refractivity contribution in [2.75, 3.05) is 13.6 Å². The van der Waals surface area contributed by atoms with Gasteiger partial charge in [-0.3, -0.25) is 0 Å². The first-order chi connectivity index (χ1) is 8.61. The fourth-order valence-electron chi connectivity index (χ4n) is 2.26. The highest BCUT2D eigenvalue weighted by Gasteiger charge is 2.10. The van der Waals surface area contributed by atoms with Gasteiger partial charge in [0.25, 0.3) is 0 Å². The van der Waals surface area contributed by atoms with Crippen LogP contribution in [0.5, 0.6) is 0 Å². The summed E-state index contributed by atoms with van der Waals surface area (Å²) in [7, 11) is 2.01. The summed E-state index contributed by atoms with van der Waals surface area (Å²) in [5, 5.41) is 3.24. The second kappa shape index (κ2) is 5.68. The van der Waals surface area contributed by atoms with E-state index in [0.717, 1.165) is 6.54 Å². The molecule has 1 atom stereocenters. The molecule has 0 fully saturated rings. The fourth-order valence-corrected chi connectivity index (χ4v) is 3.41. The second-order valence-electron chi connectivity index (χ2n) is 4.98. The van der Waals surface area contributed by atoms with Crippen molar-refractivity contribution in [3.05, 3.63) is 46.3 Å². The summed E-state index contributed by atoms with van der Waals surface area (Å²) in [6.45, 7) is 7.64. The van der Waals surface area contributed by atoms with E-state index in [2.05, 4.69) is 56.4 Å². The largest absolute Gasteiger partial charge is 0.319 e. The highest BCUT2D eigenvalue weighted by atomic mass is 32.1. The monoisotopic (exact) mass is 259 g/mol. The van der Waals surface area contributed by atoms with E-state index >= 15 is 0 Å². The van der Waals surface area contributed by atoms with Gasteiger partial charge in [-0.1, -0.05) is 30.7 Å². The van der Waals surface area contributed by atoms with Crippen molar-refractivity contribution >= 4 is 11.3 Å². The molecule has 1 heterocycles. The van der Waals surface area contributed by atoms with Gasteiger partial charge in [-0.15, -0.1) is 11.3 Å². The van der Waals surface area contributed by atoms with Gasteiger partial charge in [0.1, 0.15) is 0 Å². The molecule has 0 amide bonds. The first kappa shape index (κ1) is 13.3. The molecule has 96 valence electrons. The van der Waals surface area contributed by atoms with Crippen LogP contribution < -0.4 is 5.32 Å². The number of benzene rings is 1. The molecule has 2 heteroatoms. The van der Waals surface area contributed by atoms with Gasteiger partial charge in [-0.05, 0) is 44.2 Å². The Morgan fingerprint density at radius 2 is 1.94 bits per heavy atom. The number of nitrogens with one attached hydrogen (secondary N) is 1. The number of hydrogen-bond donors (Lipinski definition) is 1. The van der Waals surface area contributed by atoms with Gasteiger partial charge in [0.05, 0.1) is 0 Å². The summed E-state index contributed by atoms with van der Waals surface area (Å²) in [5.74, 6) is 0.583. The lowest BCUT2D eigenvalue weighted by atomic mass is 10.0. The first-order valence-corrected chi connectivity index (χ1v) is 7.25. The second-order valence-corrected chi connectivity index (χ2v) is 6.09. The Morgan fingerprint density at radius 1 is 1.17 bits per heavy atom. The molecule has 1 unspecified atom stereocenters. The Bertz CT molecular complexity index is 528. The van der Waals surface area contributed by atoms with Crippen LogP contribution in [0.4, 0.5) is 0 Å². The summed E-state index contributed by atoms with van der Waals surface area (Å²) in [6.07, 6.45) is 0. The van der Waals surface area contributed by atoms with E-state index in [1.165, 1.54) is 26.4 Å². The van der Waals surface area contributed by atoms with Gasteiger partial charge in [-0.25, -0.2) is 0 Å². The third-order valence-corrected chi connectivity index (χ3v) is 4.62. The Balaban J connectivity index is 2.29. The molecule has 0 saturated heterocycles. The number of aryl methyl sites for hydroxylation is 2. The summed E-state index contributed by atoms with van der Waals surface area (Å²) >= 11 is 1.91. The summed E-state index contributed by atoms with van der Waals surface area (Å²) in [4.78, 5) is 2.84. The molecule has 1 N–H and O–H groups in total. The van der Waals surface area contributed by atoms with Crippen LogP contribution in [0.25, 0.3) is 10.4 Å². The molecule has 2 aromatic rings. The normalized spacial score (nSPS) is 12.7. The van der Waals surface area contributed by atoms with Gasteiger partial charge in [0, 0.05) is 22.2 Å². The highest BCUT2D eigenvalue weighted by Crippen LogP contribution is 2.33. The van der Waals surface area contributed by atoms with E-state index < -0.39 is 0 Å². The molecule has 18 heavy (non-hydrogen) atoms. The Labute approximate surface area is 114 Å². The molecule has 0 aliphatic heterocycles. The first-order valence-electron chi connectivity index (χ1n) is 6.43. The standard InChI is InChI=1S/C16H21NS/c1-11-5-6-14(12(2)9-11)16-8-7-15(18-16)13(3)10-17-4/h5-9,13,17H,10H2,1-4H3. The maximum atomic E-state index is 3.24. The molecule has 2 rings (SSSR count). The topological polar surface area (TPSA) is 12.0 Å². The molecule has 0 bridgehead atoms. The van der Waals surface area contributed by atoms with E-state index in [4.69, 9.17) is 0 Å². The minimum absolute atomic E-state index is 0.583. The molecular weight excluding hydrogens is 238 g/mol. The molecule has 0 aliphatic carbocycles. The zero-order valence-corrected chi connectivity index (χ0v) is 12.4. The van der Waals surface area contributed by atoms with Gasteiger partial charge in [0.15, 0.2) is 0 Å². The molecule has 0 radical (unpaired) electrons. The zero-order chi connectivity index (χ0) is 13.1. The molecule has 0 aliphatic rings. The van der Waals surface area contributed by atoms with Gasteiger partial charge < -0.3 is 5.32 Å². The van der Waals surface area contributed by atoms with Crippen LogP contribution in [0.3, 0.4) is 0 Å². The SMILES string of the molecule is CNCC(C)c1ccc(-c2ccc(C)cc2C)s1. The van der Waals surface area contributed by atoms with E-state index in [9.17, 15) is 0 Å². The fraction of sp³-hybridized carbons (Fsp3) is 0.375. The van der Waals surface area contributed by atoms with E-state index in [1.54, 1.807) is 0 Å². The lowest BCUT2D eigenvalue weighted by molar-refractivity contribution is 0.687. The number of likely N-dealkylation sites (N-methyl/N-ethyl adjacent to an activating group) is 1. The van der Waals surface area contributed by atoms with Crippen LogP contribution >= 0.6 is 11.3 Å². The average Bonchev–Trinajstić information content (AvgIpc) is 2.78. The average molecular weight is 259 g/mol. The van der Waals surface area contributed by atoms with Crippen LogP contribution in [0, 0.1) is 13.8 Å². The van der Waals surface area contributed by atoms with Gasteiger partial charge in [-0.2, -0.15) is 0 Å².